The Balaban J connectivity index is 1.18. The average Bonchev–Trinajstić information content (AvgIpc) is 3.58. The minimum atomic E-state index is 0.0762. The maximum atomic E-state index is 12.6. The monoisotopic (exact) mass is 383 g/mol. The standard InChI is InChI=1S/C23H33N3O2/c27-22(20-10-13-26(14-11-20)23(28)21-8-9-21)24-15-19-7-4-12-25(17-19)16-18-5-2-1-3-6-18/h1-3,5-6,19-21H,4,7-17H2,(H,24,27). The predicted octanol–water partition coefficient (Wildman–Crippen LogP) is 2.66. The summed E-state index contributed by atoms with van der Waals surface area (Å²) in [4.78, 5) is 29.2. The number of piperidine rings is 2. The molecular weight excluding hydrogens is 350 g/mol. The van der Waals surface area contributed by atoms with Crippen LogP contribution in [0, 0.1) is 17.8 Å². The lowest BCUT2D eigenvalue weighted by atomic mass is 9.94. The number of nitrogens with one attached hydrogen (secondary N) is 1. The van der Waals surface area contributed by atoms with Crippen molar-refractivity contribution in [3.05, 3.63) is 35.9 Å². The van der Waals surface area contributed by atoms with Gasteiger partial charge in [0.1, 0.15) is 0 Å². The zero-order valence-corrected chi connectivity index (χ0v) is 16.8. The number of benzene rings is 1. The molecule has 1 aromatic rings. The van der Waals surface area contributed by atoms with Gasteiger partial charge in [0.15, 0.2) is 0 Å². The van der Waals surface area contributed by atoms with Gasteiger partial charge in [0.25, 0.3) is 0 Å². The van der Waals surface area contributed by atoms with Gasteiger partial charge in [-0.3, -0.25) is 14.5 Å². The van der Waals surface area contributed by atoms with Crippen molar-refractivity contribution in [3.8, 4) is 0 Å². The van der Waals surface area contributed by atoms with Crippen LogP contribution in [-0.4, -0.2) is 54.3 Å². The first-order valence-electron chi connectivity index (χ1n) is 11.0. The van der Waals surface area contributed by atoms with Crippen LogP contribution in [0.25, 0.3) is 0 Å². The maximum absolute atomic E-state index is 12.6. The van der Waals surface area contributed by atoms with Crippen molar-refractivity contribution >= 4 is 11.8 Å². The van der Waals surface area contributed by atoms with Crippen LogP contribution in [-0.2, 0) is 16.1 Å². The van der Waals surface area contributed by atoms with Gasteiger partial charge in [0, 0.05) is 44.6 Å². The lowest BCUT2D eigenvalue weighted by Crippen LogP contribution is -2.45. The van der Waals surface area contributed by atoms with Crippen LogP contribution in [0.5, 0.6) is 0 Å². The van der Waals surface area contributed by atoms with Gasteiger partial charge in [-0.25, -0.2) is 0 Å². The second-order valence-electron chi connectivity index (χ2n) is 8.85. The summed E-state index contributed by atoms with van der Waals surface area (Å²) in [6, 6.07) is 10.6. The molecule has 1 aromatic carbocycles. The van der Waals surface area contributed by atoms with Crippen molar-refractivity contribution in [3.63, 3.8) is 0 Å². The molecule has 0 aromatic heterocycles. The number of amides is 2. The zero-order chi connectivity index (χ0) is 19.3. The molecule has 1 aliphatic carbocycles. The molecule has 2 aliphatic heterocycles. The number of rotatable bonds is 6. The molecule has 0 bridgehead atoms. The predicted molar refractivity (Wildman–Crippen MR) is 109 cm³/mol. The first-order valence-corrected chi connectivity index (χ1v) is 11.0. The normalized spacial score (nSPS) is 24.1. The van der Waals surface area contributed by atoms with E-state index in [4.69, 9.17) is 0 Å². The molecule has 2 saturated heterocycles. The first kappa shape index (κ1) is 19.4. The van der Waals surface area contributed by atoms with Crippen LogP contribution in [0.4, 0.5) is 0 Å². The van der Waals surface area contributed by atoms with Crippen molar-refractivity contribution in [1.29, 1.82) is 0 Å². The Morgan fingerprint density at radius 2 is 1.68 bits per heavy atom. The Morgan fingerprint density at radius 3 is 2.39 bits per heavy atom. The third-order valence-corrected chi connectivity index (χ3v) is 6.52. The van der Waals surface area contributed by atoms with Crippen LogP contribution in [0.2, 0.25) is 0 Å². The highest BCUT2D eigenvalue weighted by Crippen LogP contribution is 2.32. The summed E-state index contributed by atoms with van der Waals surface area (Å²) in [6.07, 6.45) is 6.14. The van der Waals surface area contributed by atoms with E-state index in [0.29, 0.717) is 11.8 Å². The fourth-order valence-electron chi connectivity index (χ4n) is 4.64. The first-order chi connectivity index (χ1) is 13.7. The minimum Gasteiger partial charge on any atom is -0.356 e. The second-order valence-corrected chi connectivity index (χ2v) is 8.85. The van der Waals surface area contributed by atoms with Crippen LogP contribution < -0.4 is 5.32 Å². The number of likely N-dealkylation sites (tertiary alicyclic amines) is 2. The number of carbonyl (C=O) groups excluding carboxylic acids is 2. The summed E-state index contributed by atoms with van der Waals surface area (Å²) < 4.78 is 0. The van der Waals surface area contributed by atoms with Crippen molar-refractivity contribution in [2.75, 3.05) is 32.7 Å². The molecule has 28 heavy (non-hydrogen) atoms. The molecule has 1 atom stereocenters. The van der Waals surface area contributed by atoms with Gasteiger partial charge in [-0.2, -0.15) is 0 Å². The topological polar surface area (TPSA) is 52.7 Å². The molecule has 5 nitrogen and oxygen atoms in total. The molecule has 152 valence electrons. The second kappa shape index (κ2) is 9.08. The number of hydrogen-bond donors (Lipinski definition) is 1. The van der Waals surface area contributed by atoms with Crippen molar-refractivity contribution < 1.29 is 9.59 Å². The van der Waals surface area contributed by atoms with Crippen molar-refractivity contribution in [2.24, 2.45) is 17.8 Å². The molecule has 3 fully saturated rings. The van der Waals surface area contributed by atoms with E-state index in [-0.39, 0.29) is 17.7 Å². The Kier molecular flexibility index (Phi) is 6.30. The Hall–Kier alpha value is -1.88. The molecule has 2 heterocycles. The summed E-state index contributed by atoms with van der Waals surface area (Å²) in [5.74, 6) is 1.42. The SMILES string of the molecule is O=C(NCC1CCCN(Cc2ccccc2)C1)C1CCN(C(=O)C2CC2)CC1. The largest absolute Gasteiger partial charge is 0.356 e. The molecule has 5 heteroatoms. The summed E-state index contributed by atoms with van der Waals surface area (Å²) >= 11 is 0. The van der Waals surface area contributed by atoms with E-state index in [2.05, 4.69) is 40.5 Å². The Labute approximate surface area is 168 Å². The fourth-order valence-corrected chi connectivity index (χ4v) is 4.64. The Morgan fingerprint density at radius 1 is 0.929 bits per heavy atom. The third kappa shape index (κ3) is 5.13. The smallest absolute Gasteiger partial charge is 0.225 e. The van der Waals surface area contributed by atoms with Crippen LogP contribution in [0.1, 0.15) is 44.1 Å². The molecule has 3 aliphatic rings. The van der Waals surface area contributed by atoms with Gasteiger partial charge in [-0.05, 0) is 56.6 Å². The molecule has 2 amide bonds. The lowest BCUT2D eigenvalue weighted by Gasteiger charge is -2.34. The van der Waals surface area contributed by atoms with Gasteiger partial charge in [-0.15, -0.1) is 0 Å². The van der Waals surface area contributed by atoms with E-state index in [9.17, 15) is 9.59 Å². The summed E-state index contributed by atoms with van der Waals surface area (Å²) in [5, 5.41) is 3.22. The quantitative estimate of drug-likeness (QED) is 0.822. The fraction of sp³-hybridized carbons (Fsp3) is 0.652. The third-order valence-electron chi connectivity index (χ3n) is 6.52. The van der Waals surface area contributed by atoms with E-state index in [0.717, 1.165) is 65.0 Å². The molecule has 1 unspecified atom stereocenters. The number of hydrogen-bond acceptors (Lipinski definition) is 3. The van der Waals surface area contributed by atoms with Crippen LogP contribution in [0.15, 0.2) is 30.3 Å². The average molecular weight is 384 g/mol. The zero-order valence-electron chi connectivity index (χ0n) is 16.8. The maximum Gasteiger partial charge on any atom is 0.225 e. The molecular formula is C23H33N3O2. The highest BCUT2D eigenvalue weighted by Gasteiger charge is 2.36. The van der Waals surface area contributed by atoms with E-state index in [1.165, 1.54) is 18.4 Å². The van der Waals surface area contributed by atoms with Gasteiger partial charge in [0.05, 0.1) is 0 Å². The molecule has 1 saturated carbocycles. The summed E-state index contributed by atoms with van der Waals surface area (Å²) in [5.41, 5.74) is 1.36. The molecule has 4 rings (SSSR count). The van der Waals surface area contributed by atoms with E-state index < -0.39 is 0 Å². The highest BCUT2D eigenvalue weighted by molar-refractivity contribution is 5.82. The minimum absolute atomic E-state index is 0.0762. The van der Waals surface area contributed by atoms with Gasteiger partial charge in [0.2, 0.25) is 11.8 Å². The molecule has 0 spiro atoms. The highest BCUT2D eigenvalue weighted by atomic mass is 16.2. The Bertz CT molecular complexity index is 666. The van der Waals surface area contributed by atoms with Gasteiger partial charge < -0.3 is 10.2 Å². The van der Waals surface area contributed by atoms with Gasteiger partial charge >= 0.3 is 0 Å². The molecule has 1 N–H and O–H groups in total. The van der Waals surface area contributed by atoms with E-state index >= 15 is 0 Å². The lowest BCUT2D eigenvalue weighted by molar-refractivity contribution is -0.136. The van der Waals surface area contributed by atoms with Crippen LogP contribution in [0.3, 0.4) is 0 Å². The number of carbonyl (C=O) groups is 2. The van der Waals surface area contributed by atoms with Crippen LogP contribution >= 0.6 is 0 Å². The molecule has 0 radical (unpaired) electrons. The van der Waals surface area contributed by atoms with E-state index in [1.54, 1.807) is 0 Å². The van der Waals surface area contributed by atoms with Crippen molar-refractivity contribution in [1.82, 2.24) is 15.1 Å². The van der Waals surface area contributed by atoms with Gasteiger partial charge in [-0.1, -0.05) is 30.3 Å². The number of nitrogens with zero attached hydrogens (tertiary/aromatic N) is 2. The van der Waals surface area contributed by atoms with Crippen molar-refractivity contribution in [2.45, 2.75) is 45.1 Å². The summed E-state index contributed by atoms with van der Waals surface area (Å²) in [7, 11) is 0. The summed E-state index contributed by atoms with van der Waals surface area (Å²) in [6.45, 7) is 5.49. The van der Waals surface area contributed by atoms with E-state index in [1.807, 2.05) is 4.90 Å².